The molecule has 142 valence electrons. The number of aromatic nitrogens is 3. The van der Waals surface area contributed by atoms with Crippen molar-refractivity contribution in [1.82, 2.24) is 25.6 Å². The second kappa shape index (κ2) is 7.20. The minimum Gasteiger partial charge on any atom is -0.356 e. The van der Waals surface area contributed by atoms with Crippen LogP contribution in [0, 0.1) is 0 Å². The van der Waals surface area contributed by atoms with Crippen LogP contribution in [0.5, 0.6) is 0 Å². The van der Waals surface area contributed by atoms with Gasteiger partial charge in [-0.1, -0.05) is 24.3 Å². The van der Waals surface area contributed by atoms with E-state index in [2.05, 4.69) is 44.9 Å². The highest BCUT2D eigenvalue weighted by atomic mass is 16.1. The molecule has 0 unspecified atom stereocenters. The molecule has 3 aromatic rings. The number of rotatable bonds is 3. The lowest BCUT2D eigenvalue weighted by Crippen LogP contribution is -2.31. The van der Waals surface area contributed by atoms with Gasteiger partial charge in [-0.15, -0.1) is 0 Å². The van der Waals surface area contributed by atoms with Crippen LogP contribution in [-0.2, 0) is 6.42 Å². The molecule has 1 fully saturated rings. The molecule has 0 bridgehead atoms. The third-order valence-corrected chi connectivity index (χ3v) is 5.72. The van der Waals surface area contributed by atoms with Crippen molar-refractivity contribution in [2.75, 3.05) is 19.6 Å². The number of aromatic amines is 1. The molecule has 2 aliphatic heterocycles. The average molecular weight is 373 g/mol. The van der Waals surface area contributed by atoms with Crippen LogP contribution in [0.25, 0.3) is 22.8 Å². The maximum atomic E-state index is 12.0. The summed E-state index contributed by atoms with van der Waals surface area (Å²) >= 11 is 0. The van der Waals surface area contributed by atoms with Crippen molar-refractivity contribution in [3.63, 3.8) is 0 Å². The quantitative estimate of drug-likeness (QED) is 0.659. The number of carbonyl (C=O) groups is 1. The molecule has 1 amide bonds. The Hall–Kier alpha value is -2.99. The lowest BCUT2D eigenvalue weighted by molar-refractivity contribution is 0.0946. The zero-order valence-electron chi connectivity index (χ0n) is 15.7. The molecule has 0 saturated carbocycles. The van der Waals surface area contributed by atoms with Crippen molar-refractivity contribution in [2.24, 2.45) is 0 Å². The SMILES string of the molecule is O=C1NCCc2[nH]c(-c3ccnc(-c4ccc(C5CCNCC5)cc4)n3)cc21. The Bertz CT molecular complexity index is 1000. The fourth-order valence-corrected chi connectivity index (χ4v) is 4.14. The summed E-state index contributed by atoms with van der Waals surface area (Å²) in [7, 11) is 0. The molecule has 0 atom stereocenters. The van der Waals surface area contributed by atoms with Gasteiger partial charge in [0.15, 0.2) is 5.82 Å². The summed E-state index contributed by atoms with van der Waals surface area (Å²) in [5, 5.41) is 6.29. The van der Waals surface area contributed by atoms with Crippen molar-refractivity contribution >= 4 is 5.91 Å². The maximum Gasteiger partial charge on any atom is 0.253 e. The smallest absolute Gasteiger partial charge is 0.253 e. The molecule has 2 aliphatic rings. The Morgan fingerprint density at radius 3 is 2.61 bits per heavy atom. The van der Waals surface area contributed by atoms with E-state index in [4.69, 9.17) is 4.98 Å². The van der Waals surface area contributed by atoms with Crippen molar-refractivity contribution < 1.29 is 4.79 Å². The first-order valence-electron chi connectivity index (χ1n) is 9.92. The molecule has 6 nitrogen and oxygen atoms in total. The summed E-state index contributed by atoms with van der Waals surface area (Å²) in [5.41, 5.74) is 5.75. The number of nitrogens with zero attached hydrogens (tertiary/aromatic N) is 2. The number of nitrogens with one attached hydrogen (secondary N) is 3. The summed E-state index contributed by atoms with van der Waals surface area (Å²) in [6.07, 6.45) is 4.97. The third kappa shape index (κ3) is 3.20. The fourth-order valence-electron chi connectivity index (χ4n) is 4.14. The van der Waals surface area contributed by atoms with Crippen LogP contribution in [0.4, 0.5) is 0 Å². The molecule has 2 aromatic heterocycles. The van der Waals surface area contributed by atoms with Gasteiger partial charge in [0.05, 0.1) is 17.0 Å². The predicted octanol–water partition coefficient (Wildman–Crippen LogP) is 2.89. The Morgan fingerprint density at radius 1 is 1.00 bits per heavy atom. The van der Waals surface area contributed by atoms with Gasteiger partial charge in [0.25, 0.3) is 5.91 Å². The molecule has 0 aliphatic carbocycles. The van der Waals surface area contributed by atoms with Crippen LogP contribution < -0.4 is 10.6 Å². The van der Waals surface area contributed by atoms with Gasteiger partial charge in [0.1, 0.15) is 0 Å². The Balaban J connectivity index is 1.42. The van der Waals surface area contributed by atoms with Gasteiger partial charge >= 0.3 is 0 Å². The van der Waals surface area contributed by atoms with Crippen LogP contribution in [0.3, 0.4) is 0 Å². The largest absolute Gasteiger partial charge is 0.356 e. The van der Waals surface area contributed by atoms with Gasteiger partial charge in [0, 0.05) is 30.4 Å². The summed E-state index contributed by atoms with van der Waals surface area (Å²) in [4.78, 5) is 24.6. The number of amides is 1. The number of fused-ring (bicyclic) bond motifs is 1. The van der Waals surface area contributed by atoms with Gasteiger partial charge < -0.3 is 15.6 Å². The lowest BCUT2D eigenvalue weighted by Gasteiger charge is -2.23. The second-order valence-electron chi connectivity index (χ2n) is 7.49. The van der Waals surface area contributed by atoms with Gasteiger partial charge in [-0.3, -0.25) is 4.79 Å². The maximum absolute atomic E-state index is 12.0. The van der Waals surface area contributed by atoms with Crippen LogP contribution in [0.15, 0.2) is 42.6 Å². The highest BCUT2D eigenvalue weighted by Gasteiger charge is 2.20. The number of benzene rings is 1. The van der Waals surface area contributed by atoms with Crippen LogP contribution in [-0.4, -0.2) is 40.5 Å². The normalized spacial score (nSPS) is 17.2. The Morgan fingerprint density at radius 2 is 1.82 bits per heavy atom. The first-order valence-corrected chi connectivity index (χ1v) is 9.92. The first kappa shape index (κ1) is 17.1. The number of carbonyl (C=O) groups excluding carboxylic acids is 1. The molecule has 3 N–H and O–H groups in total. The molecule has 4 heterocycles. The van der Waals surface area contributed by atoms with Crippen LogP contribution in [0.1, 0.15) is 40.4 Å². The molecule has 6 heteroatoms. The fraction of sp³-hybridized carbons (Fsp3) is 0.318. The molecular weight excluding hydrogens is 350 g/mol. The highest BCUT2D eigenvalue weighted by Crippen LogP contribution is 2.28. The topological polar surface area (TPSA) is 82.7 Å². The van der Waals surface area contributed by atoms with Gasteiger partial charge in [0.2, 0.25) is 0 Å². The molecule has 1 saturated heterocycles. The van der Waals surface area contributed by atoms with Gasteiger partial charge in [-0.05, 0) is 49.5 Å². The minimum absolute atomic E-state index is 0.0217. The highest BCUT2D eigenvalue weighted by molar-refractivity contribution is 5.97. The predicted molar refractivity (Wildman–Crippen MR) is 108 cm³/mol. The van der Waals surface area contributed by atoms with E-state index < -0.39 is 0 Å². The summed E-state index contributed by atoms with van der Waals surface area (Å²) in [6.45, 7) is 2.86. The molecule has 1 aromatic carbocycles. The van der Waals surface area contributed by atoms with Crippen LogP contribution in [0.2, 0.25) is 0 Å². The van der Waals surface area contributed by atoms with Gasteiger partial charge in [-0.25, -0.2) is 9.97 Å². The summed E-state index contributed by atoms with van der Waals surface area (Å²) in [5.74, 6) is 1.32. The van der Waals surface area contributed by atoms with Crippen molar-refractivity contribution in [1.29, 1.82) is 0 Å². The van der Waals surface area contributed by atoms with Crippen molar-refractivity contribution in [3.05, 3.63) is 59.4 Å². The van der Waals surface area contributed by atoms with Gasteiger partial charge in [-0.2, -0.15) is 0 Å². The van der Waals surface area contributed by atoms with E-state index in [0.717, 1.165) is 42.2 Å². The molecule has 28 heavy (non-hydrogen) atoms. The van der Waals surface area contributed by atoms with Crippen LogP contribution >= 0.6 is 0 Å². The number of piperidine rings is 1. The van der Waals surface area contributed by atoms with E-state index in [1.807, 2.05) is 12.1 Å². The first-order chi connectivity index (χ1) is 13.8. The summed E-state index contributed by atoms with van der Waals surface area (Å²) in [6, 6.07) is 12.4. The standard InChI is InChI=1S/C22H23N5O/c28-22-17-13-20(26-18(17)7-12-25-22)19-8-11-24-21(27-19)16-3-1-14(2-4-16)15-5-9-23-10-6-15/h1-4,8,11,13,15,23,26H,5-7,9-10,12H2,(H,25,28). The number of H-pyrrole nitrogens is 1. The monoisotopic (exact) mass is 373 g/mol. The molecule has 0 radical (unpaired) electrons. The third-order valence-electron chi connectivity index (χ3n) is 5.72. The van der Waals surface area contributed by atoms with E-state index in [0.29, 0.717) is 23.9 Å². The van der Waals surface area contributed by atoms with E-state index in [1.165, 1.54) is 18.4 Å². The summed E-state index contributed by atoms with van der Waals surface area (Å²) < 4.78 is 0. The van der Waals surface area contributed by atoms with E-state index in [-0.39, 0.29) is 5.91 Å². The van der Waals surface area contributed by atoms with E-state index in [9.17, 15) is 4.79 Å². The number of hydrogen-bond donors (Lipinski definition) is 3. The Labute approximate surface area is 163 Å². The zero-order chi connectivity index (χ0) is 18.9. The Kier molecular flexibility index (Phi) is 4.41. The van der Waals surface area contributed by atoms with E-state index in [1.54, 1.807) is 6.20 Å². The molecular formula is C22H23N5O. The van der Waals surface area contributed by atoms with Crippen molar-refractivity contribution in [2.45, 2.75) is 25.2 Å². The average Bonchev–Trinajstić information content (AvgIpc) is 3.21. The molecule has 0 spiro atoms. The minimum atomic E-state index is -0.0217. The molecule has 5 rings (SSSR count). The number of hydrogen-bond acceptors (Lipinski definition) is 4. The van der Waals surface area contributed by atoms with E-state index >= 15 is 0 Å². The second-order valence-corrected chi connectivity index (χ2v) is 7.49. The zero-order valence-corrected chi connectivity index (χ0v) is 15.7. The van der Waals surface area contributed by atoms with Crippen molar-refractivity contribution in [3.8, 4) is 22.8 Å². The lowest BCUT2D eigenvalue weighted by atomic mass is 9.90.